The van der Waals surface area contributed by atoms with Crippen LogP contribution in [-0.4, -0.2) is 32.6 Å². The van der Waals surface area contributed by atoms with Crippen LogP contribution < -0.4 is 5.32 Å². The maximum Gasteiger partial charge on any atom is 0.230 e. The van der Waals surface area contributed by atoms with E-state index in [4.69, 9.17) is 9.97 Å². The number of imidazole rings is 1. The van der Waals surface area contributed by atoms with Crippen molar-refractivity contribution in [2.45, 2.75) is 11.6 Å². The van der Waals surface area contributed by atoms with Gasteiger partial charge in [0, 0.05) is 11.9 Å². The molecular formula is C24H20N4OS. The molecule has 2 heterocycles. The van der Waals surface area contributed by atoms with E-state index in [1.165, 1.54) is 17.3 Å². The van der Waals surface area contributed by atoms with Gasteiger partial charge in [0.2, 0.25) is 5.91 Å². The van der Waals surface area contributed by atoms with E-state index in [1.807, 2.05) is 66.7 Å². The molecule has 5 nitrogen and oxygen atoms in total. The Kier molecular flexibility index (Phi) is 5.07. The second-order valence-corrected chi connectivity index (χ2v) is 7.99. The number of para-hydroxylation sites is 3. The lowest BCUT2D eigenvalue weighted by Crippen LogP contribution is -2.27. The predicted octanol–water partition coefficient (Wildman–Crippen LogP) is 4.49. The summed E-state index contributed by atoms with van der Waals surface area (Å²) in [5.74, 6) is 0.310. The Labute approximate surface area is 178 Å². The molecule has 0 bridgehead atoms. The SMILES string of the molecule is O=C(CSc1nc2ccccc2c2nc3ccccc3n12)NCCc1ccccc1. The first kappa shape index (κ1) is 18.6. The molecule has 148 valence electrons. The van der Waals surface area contributed by atoms with E-state index < -0.39 is 0 Å². The summed E-state index contributed by atoms with van der Waals surface area (Å²) in [5, 5.41) is 4.78. The van der Waals surface area contributed by atoms with E-state index in [2.05, 4.69) is 21.9 Å². The summed E-state index contributed by atoms with van der Waals surface area (Å²) >= 11 is 1.44. The van der Waals surface area contributed by atoms with Gasteiger partial charge in [-0.3, -0.25) is 9.20 Å². The lowest BCUT2D eigenvalue weighted by Gasteiger charge is -2.09. The maximum atomic E-state index is 12.4. The number of nitrogens with zero attached hydrogens (tertiary/aromatic N) is 3. The Balaban J connectivity index is 1.38. The van der Waals surface area contributed by atoms with Crippen molar-refractivity contribution < 1.29 is 4.79 Å². The number of thioether (sulfide) groups is 1. The maximum absolute atomic E-state index is 12.4. The average molecular weight is 413 g/mol. The lowest BCUT2D eigenvalue weighted by molar-refractivity contribution is -0.118. The number of benzene rings is 3. The lowest BCUT2D eigenvalue weighted by atomic mass is 10.1. The van der Waals surface area contributed by atoms with E-state index in [0.717, 1.165) is 39.2 Å². The molecule has 0 aliphatic rings. The number of rotatable bonds is 6. The van der Waals surface area contributed by atoms with Crippen LogP contribution in [0, 0.1) is 0 Å². The van der Waals surface area contributed by atoms with Gasteiger partial charge < -0.3 is 5.32 Å². The summed E-state index contributed by atoms with van der Waals surface area (Å²) < 4.78 is 2.06. The molecule has 0 aliphatic heterocycles. The summed E-state index contributed by atoms with van der Waals surface area (Å²) in [6, 6.07) is 26.2. The first-order valence-corrected chi connectivity index (χ1v) is 10.9. The van der Waals surface area contributed by atoms with Crippen LogP contribution in [0.15, 0.2) is 84.0 Å². The quantitative estimate of drug-likeness (QED) is 0.330. The third kappa shape index (κ3) is 3.62. The summed E-state index contributed by atoms with van der Waals surface area (Å²) in [6.07, 6.45) is 0.821. The molecule has 0 saturated carbocycles. The van der Waals surface area contributed by atoms with Gasteiger partial charge in [0.15, 0.2) is 5.16 Å². The third-order valence-electron chi connectivity index (χ3n) is 5.02. The zero-order valence-corrected chi connectivity index (χ0v) is 17.1. The smallest absolute Gasteiger partial charge is 0.230 e. The molecule has 3 aromatic carbocycles. The highest BCUT2D eigenvalue weighted by Crippen LogP contribution is 2.28. The highest BCUT2D eigenvalue weighted by atomic mass is 32.2. The van der Waals surface area contributed by atoms with Gasteiger partial charge in [-0.15, -0.1) is 0 Å². The van der Waals surface area contributed by atoms with Crippen LogP contribution in [0.1, 0.15) is 5.56 Å². The Hall–Kier alpha value is -3.38. The van der Waals surface area contributed by atoms with Crippen molar-refractivity contribution in [3.05, 3.63) is 84.4 Å². The van der Waals surface area contributed by atoms with Crippen LogP contribution >= 0.6 is 11.8 Å². The van der Waals surface area contributed by atoms with Crippen molar-refractivity contribution >= 4 is 45.3 Å². The number of aromatic nitrogens is 3. The van der Waals surface area contributed by atoms with Crippen molar-refractivity contribution in [3.8, 4) is 0 Å². The first-order chi connectivity index (χ1) is 14.8. The van der Waals surface area contributed by atoms with Crippen molar-refractivity contribution in [3.63, 3.8) is 0 Å². The number of hydrogen-bond donors (Lipinski definition) is 1. The molecule has 0 spiro atoms. The van der Waals surface area contributed by atoms with Gasteiger partial charge in [0.05, 0.1) is 22.3 Å². The van der Waals surface area contributed by atoms with Crippen LogP contribution in [0.2, 0.25) is 0 Å². The zero-order valence-electron chi connectivity index (χ0n) is 16.3. The second-order valence-electron chi connectivity index (χ2n) is 7.05. The van der Waals surface area contributed by atoms with E-state index in [9.17, 15) is 4.79 Å². The van der Waals surface area contributed by atoms with Crippen molar-refractivity contribution in [1.82, 2.24) is 19.7 Å². The van der Waals surface area contributed by atoms with E-state index in [-0.39, 0.29) is 5.91 Å². The Morgan fingerprint density at radius 1 is 0.867 bits per heavy atom. The van der Waals surface area contributed by atoms with Gasteiger partial charge in [0.25, 0.3) is 0 Å². The van der Waals surface area contributed by atoms with Crippen LogP contribution in [0.25, 0.3) is 27.6 Å². The molecule has 0 atom stereocenters. The minimum Gasteiger partial charge on any atom is -0.355 e. The first-order valence-electron chi connectivity index (χ1n) is 9.89. The minimum absolute atomic E-state index is 0.00320. The van der Waals surface area contributed by atoms with Crippen LogP contribution in [0.5, 0.6) is 0 Å². The van der Waals surface area contributed by atoms with Gasteiger partial charge in [-0.2, -0.15) is 0 Å². The van der Waals surface area contributed by atoms with Crippen molar-refractivity contribution in [1.29, 1.82) is 0 Å². The summed E-state index contributed by atoms with van der Waals surface area (Å²) in [5.41, 5.74) is 4.89. The van der Waals surface area contributed by atoms with Crippen molar-refractivity contribution in [2.75, 3.05) is 12.3 Å². The van der Waals surface area contributed by atoms with E-state index in [1.54, 1.807) is 0 Å². The fourth-order valence-electron chi connectivity index (χ4n) is 3.58. The number of fused-ring (bicyclic) bond motifs is 5. The molecule has 5 rings (SSSR count). The molecular weight excluding hydrogens is 392 g/mol. The Morgan fingerprint density at radius 2 is 1.60 bits per heavy atom. The van der Waals surface area contributed by atoms with Gasteiger partial charge >= 0.3 is 0 Å². The fraction of sp³-hybridized carbons (Fsp3) is 0.125. The second kappa shape index (κ2) is 8.16. The standard InChI is InChI=1S/C24H20N4OS/c29-22(25-15-14-17-8-2-1-3-9-17)16-30-24-27-19-11-5-4-10-18(19)23-26-20-12-6-7-13-21(20)28(23)24/h1-13H,14-16H2,(H,25,29). The summed E-state index contributed by atoms with van der Waals surface area (Å²) in [7, 11) is 0. The number of amides is 1. The topological polar surface area (TPSA) is 59.3 Å². The molecule has 1 N–H and O–H groups in total. The summed E-state index contributed by atoms with van der Waals surface area (Å²) in [4.78, 5) is 22.1. The largest absolute Gasteiger partial charge is 0.355 e. The Morgan fingerprint density at radius 3 is 2.47 bits per heavy atom. The van der Waals surface area contributed by atoms with Crippen molar-refractivity contribution in [2.24, 2.45) is 0 Å². The van der Waals surface area contributed by atoms with Crippen LogP contribution in [-0.2, 0) is 11.2 Å². The normalized spacial score (nSPS) is 11.3. The number of carbonyl (C=O) groups is 1. The minimum atomic E-state index is 0.00320. The van der Waals surface area contributed by atoms with Crippen LogP contribution in [0.4, 0.5) is 0 Å². The number of nitrogens with one attached hydrogen (secondary N) is 1. The van der Waals surface area contributed by atoms with Gasteiger partial charge in [-0.25, -0.2) is 9.97 Å². The molecule has 0 unspecified atom stereocenters. The molecule has 0 aliphatic carbocycles. The highest BCUT2D eigenvalue weighted by Gasteiger charge is 2.15. The fourth-order valence-corrected chi connectivity index (χ4v) is 4.42. The van der Waals surface area contributed by atoms with Gasteiger partial charge in [-0.05, 0) is 36.2 Å². The molecule has 6 heteroatoms. The van der Waals surface area contributed by atoms with Crippen LogP contribution in [0.3, 0.4) is 0 Å². The molecule has 0 radical (unpaired) electrons. The van der Waals surface area contributed by atoms with Gasteiger partial charge in [0.1, 0.15) is 5.65 Å². The zero-order chi connectivity index (χ0) is 20.3. The van der Waals surface area contributed by atoms with Gasteiger partial charge in [-0.1, -0.05) is 66.4 Å². The number of carbonyl (C=O) groups excluding carboxylic acids is 1. The Bertz CT molecular complexity index is 1350. The molecule has 0 fully saturated rings. The van der Waals surface area contributed by atoms with E-state index >= 15 is 0 Å². The third-order valence-corrected chi connectivity index (χ3v) is 5.96. The number of hydrogen-bond acceptors (Lipinski definition) is 4. The molecule has 2 aromatic heterocycles. The monoisotopic (exact) mass is 412 g/mol. The molecule has 1 amide bonds. The molecule has 0 saturated heterocycles. The highest BCUT2D eigenvalue weighted by molar-refractivity contribution is 7.99. The predicted molar refractivity (Wildman–Crippen MR) is 122 cm³/mol. The molecule has 30 heavy (non-hydrogen) atoms. The molecule has 5 aromatic rings. The van der Waals surface area contributed by atoms with E-state index in [0.29, 0.717) is 12.3 Å². The summed E-state index contributed by atoms with van der Waals surface area (Å²) in [6.45, 7) is 0.623. The average Bonchev–Trinajstić information content (AvgIpc) is 3.18.